The molecule has 2 N–H and O–H groups in total. The van der Waals surface area contributed by atoms with Gasteiger partial charge in [0.2, 0.25) is 0 Å². The van der Waals surface area contributed by atoms with Crippen LogP contribution in [0.5, 0.6) is 0 Å². The smallest absolute Gasteiger partial charge is 0.256 e. The van der Waals surface area contributed by atoms with Crippen molar-refractivity contribution in [3.63, 3.8) is 0 Å². The molecule has 104 valence electrons. The first-order valence-electron chi connectivity index (χ1n) is 6.13. The van der Waals surface area contributed by atoms with E-state index in [1.807, 2.05) is 6.07 Å². The maximum atomic E-state index is 13.8. The molecule has 1 aromatic rings. The van der Waals surface area contributed by atoms with E-state index < -0.39 is 11.7 Å². The van der Waals surface area contributed by atoms with Crippen LogP contribution in [-0.2, 0) is 0 Å². The fourth-order valence-electron chi connectivity index (χ4n) is 1.58. The summed E-state index contributed by atoms with van der Waals surface area (Å²) < 4.78 is 13.8. The quantitative estimate of drug-likeness (QED) is 0.849. The minimum Gasteiger partial charge on any atom is -0.338 e. The maximum absolute atomic E-state index is 13.8. The number of halogens is 1. The normalized spacial score (nSPS) is 10.9. The lowest BCUT2D eigenvalue weighted by Crippen LogP contribution is -2.35. The van der Waals surface area contributed by atoms with Gasteiger partial charge in [0.25, 0.3) is 5.91 Å². The summed E-state index contributed by atoms with van der Waals surface area (Å²) in [7, 11) is 1.54. The van der Waals surface area contributed by atoms with Gasteiger partial charge in [0.05, 0.1) is 24.6 Å². The first-order valence-corrected chi connectivity index (χ1v) is 6.13. The molecule has 0 aromatic heterocycles. The molecule has 0 aliphatic heterocycles. The predicted octanol–water partition coefficient (Wildman–Crippen LogP) is 1.51. The van der Waals surface area contributed by atoms with Crippen molar-refractivity contribution < 1.29 is 9.18 Å². The van der Waals surface area contributed by atoms with Crippen LogP contribution in [0.25, 0.3) is 0 Å². The molecule has 0 radical (unpaired) electrons. The van der Waals surface area contributed by atoms with Crippen molar-refractivity contribution in [2.75, 3.05) is 13.6 Å². The lowest BCUT2D eigenvalue weighted by atomic mass is 10.1. The average molecular weight is 273 g/mol. The maximum Gasteiger partial charge on any atom is 0.256 e. The first kappa shape index (κ1) is 15.7. The number of carbonyl (C=O) groups is 1. The molecule has 0 spiro atoms. The Kier molecular flexibility index (Phi) is 5.71. The molecule has 0 heterocycles. The third-order valence-corrected chi connectivity index (χ3v) is 2.90. The van der Waals surface area contributed by atoms with E-state index in [0.717, 1.165) is 0 Å². The monoisotopic (exact) mass is 273 g/mol. The van der Waals surface area contributed by atoms with Crippen molar-refractivity contribution in [2.24, 2.45) is 5.73 Å². The first-order chi connectivity index (χ1) is 9.51. The Morgan fingerprint density at radius 2 is 2.25 bits per heavy atom. The summed E-state index contributed by atoms with van der Waals surface area (Å²) in [6.45, 7) is 1.93. The highest BCUT2D eigenvalue weighted by atomic mass is 19.1. The standard InChI is InChI=1S/C15H16FN3O/c1-11(7-9-18)19(2)15(20)13-10-12(4-3-8-17)5-6-14(13)16/h5-6,10-11H,7-8,17H2,1-2H3. The molecule has 1 amide bonds. The van der Waals surface area contributed by atoms with Crippen LogP contribution in [0.15, 0.2) is 18.2 Å². The van der Waals surface area contributed by atoms with Crippen LogP contribution in [0.2, 0.25) is 0 Å². The zero-order valence-corrected chi connectivity index (χ0v) is 11.5. The Morgan fingerprint density at radius 3 is 2.85 bits per heavy atom. The summed E-state index contributed by atoms with van der Waals surface area (Å²) in [6.07, 6.45) is 0.191. The van der Waals surface area contributed by atoms with Gasteiger partial charge in [-0.05, 0) is 25.1 Å². The van der Waals surface area contributed by atoms with Crippen molar-refractivity contribution in [3.05, 3.63) is 35.1 Å². The molecule has 1 rings (SSSR count). The van der Waals surface area contributed by atoms with Crippen molar-refractivity contribution in [1.29, 1.82) is 5.26 Å². The summed E-state index contributed by atoms with van der Waals surface area (Å²) in [6, 6.07) is 5.80. The molecular formula is C15H16FN3O. The number of rotatable bonds is 3. The number of nitriles is 1. The lowest BCUT2D eigenvalue weighted by Gasteiger charge is -2.23. The zero-order valence-electron chi connectivity index (χ0n) is 11.5. The number of hydrogen-bond acceptors (Lipinski definition) is 3. The van der Waals surface area contributed by atoms with Crippen LogP contribution >= 0.6 is 0 Å². The number of carbonyl (C=O) groups excluding carboxylic acids is 1. The number of amides is 1. The van der Waals surface area contributed by atoms with Crippen LogP contribution in [-0.4, -0.2) is 30.4 Å². The van der Waals surface area contributed by atoms with E-state index in [2.05, 4.69) is 11.8 Å². The van der Waals surface area contributed by atoms with Gasteiger partial charge in [-0.3, -0.25) is 4.79 Å². The van der Waals surface area contributed by atoms with E-state index in [9.17, 15) is 9.18 Å². The van der Waals surface area contributed by atoms with Crippen LogP contribution in [0.4, 0.5) is 4.39 Å². The van der Waals surface area contributed by atoms with E-state index in [1.54, 1.807) is 14.0 Å². The summed E-state index contributed by atoms with van der Waals surface area (Å²) in [5.74, 6) is 4.33. The number of nitrogens with two attached hydrogens (primary N) is 1. The molecule has 0 saturated carbocycles. The molecule has 5 heteroatoms. The predicted molar refractivity (Wildman–Crippen MR) is 74.1 cm³/mol. The zero-order chi connectivity index (χ0) is 15.1. The van der Waals surface area contributed by atoms with Crippen molar-refractivity contribution in [1.82, 2.24) is 4.90 Å². The summed E-state index contributed by atoms with van der Waals surface area (Å²) in [5, 5.41) is 8.64. The van der Waals surface area contributed by atoms with Gasteiger partial charge in [0, 0.05) is 18.7 Å². The molecule has 1 aromatic carbocycles. The van der Waals surface area contributed by atoms with Gasteiger partial charge in [-0.15, -0.1) is 0 Å². The average Bonchev–Trinajstić information content (AvgIpc) is 2.45. The van der Waals surface area contributed by atoms with Gasteiger partial charge in [-0.1, -0.05) is 11.8 Å². The van der Waals surface area contributed by atoms with Gasteiger partial charge in [-0.2, -0.15) is 5.26 Å². The van der Waals surface area contributed by atoms with E-state index >= 15 is 0 Å². The Labute approximate surface area is 118 Å². The van der Waals surface area contributed by atoms with Crippen LogP contribution < -0.4 is 5.73 Å². The molecule has 20 heavy (non-hydrogen) atoms. The molecule has 0 saturated heterocycles. The largest absolute Gasteiger partial charge is 0.338 e. The SMILES string of the molecule is CC(CC#N)N(C)C(=O)c1cc(C#CCN)ccc1F. The van der Waals surface area contributed by atoms with Crippen molar-refractivity contribution in [2.45, 2.75) is 19.4 Å². The second-order valence-corrected chi connectivity index (χ2v) is 4.33. The highest BCUT2D eigenvalue weighted by Crippen LogP contribution is 2.14. The Morgan fingerprint density at radius 1 is 1.55 bits per heavy atom. The molecule has 0 aliphatic carbocycles. The third-order valence-electron chi connectivity index (χ3n) is 2.90. The lowest BCUT2D eigenvalue weighted by molar-refractivity contribution is 0.0741. The van der Waals surface area contributed by atoms with Gasteiger partial charge in [0.1, 0.15) is 5.82 Å². The van der Waals surface area contributed by atoms with Gasteiger partial charge >= 0.3 is 0 Å². The molecule has 1 atom stereocenters. The summed E-state index contributed by atoms with van der Waals surface area (Å²) in [4.78, 5) is 13.6. The van der Waals surface area contributed by atoms with E-state index in [-0.39, 0.29) is 24.6 Å². The summed E-state index contributed by atoms with van der Waals surface area (Å²) in [5.41, 5.74) is 5.75. The number of benzene rings is 1. The van der Waals surface area contributed by atoms with Crippen LogP contribution in [0.3, 0.4) is 0 Å². The van der Waals surface area contributed by atoms with E-state index in [4.69, 9.17) is 11.0 Å². The Balaban J connectivity index is 3.06. The minimum atomic E-state index is -0.607. The number of nitrogens with zero attached hydrogens (tertiary/aromatic N) is 2. The Hall–Kier alpha value is -2.37. The van der Waals surface area contributed by atoms with E-state index in [1.165, 1.54) is 23.1 Å². The van der Waals surface area contributed by atoms with Gasteiger partial charge in [0.15, 0.2) is 0 Å². The van der Waals surface area contributed by atoms with Crippen LogP contribution in [0.1, 0.15) is 29.3 Å². The van der Waals surface area contributed by atoms with Gasteiger partial charge < -0.3 is 10.6 Å². The topological polar surface area (TPSA) is 70.1 Å². The molecule has 0 fully saturated rings. The van der Waals surface area contributed by atoms with E-state index in [0.29, 0.717) is 5.56 Å². The fraction of sp³-hybridized carbons (Fsp3) is 0.333. The fourth-order valence-corrected chi connectivity index (χ4v) is 1.58. The molecular weight excluding hydrogens is 257 g/mol. The minimum absolute atomic E-state index is 0.0545. The molecule has 4 nitrogen and oxygen atoms in total. The van der Waals surface area contributed by atoms with Crippen LogP contribution in [0, 0.1) is 29.0 Å². The van der Waals surface area contributed by atoms with Crippen molar-refractivity contribution in [3.8, 4) is 17.9 Å². The Bertz CT molecular complexity index is 595. The molecule has 1 unspecified atom stereocenters. The second kappa shape index (κ2) is 7.28. The summed E-state index contributed by atoms with van der Waals surface area (Å²) >= 11 is 0. The number of hydrogen-bond donors (Lipinski definition) is 1. The highest BCUT2D eigenvalue weighted by molar-refractivity contribution is 5.94. The van der Waals surface area contributed by atoms with Gasteiger partial charge in [-0.25, -0.2) is 4.39 Å². The second-order valence-electron chi connectivity index (χ2n) is 4.33. The molecule has 0 bridgehead atoms. The highest BCUT2D eigenvalue weighted by Gasteiger charge is 2.20. The molecule has 0 aliphatic rings. The van der Waals surface area contributed by atoms with Crippen molar-refractivity contribution >= 4 is 5.91 Å². The third kappa shape index (κ3) is 3.81.